The second-order valence-electron chi connectivity index (χ2n) is 36.2. The van der Waals surface area contributed by atoms with Crippen LogP contribution in [0, 0.1) is 11.8 Å². The molecule has 9 heterocycles. The second-order valence-corrected chi connectivity index (χ2v) is 37.2. The minimum absolute atomic E-state index is 0.0302. The van der Waals surface area contributed by atoms with Crippen molar-refractivity contribution in [2.24, 2.45) is 17.6 Å². The number of hydrogen-bond donors (Lipinski definition) is 7. The summed E-state index contributed by atoms with van der Waals surface area (Å²) >= 11 is 16.4. The van der Waals surface area contributed by atoms with E-state index < -0.39 is 17.2 Å². The number of carboxylic acid groups (broad SMARTS) is 1. The first-order valence-corrected chi connectivity index (χ1v) is 47.8. The molecule has 0 unspecified atom stereocenters. The van der Waals surface area contributed by atoms with Gasteiger partial charge in [0, 0.05) is 136 Å². The van der Waals surface area contributed by atoms with E-state index in [0.717, 1.165) is 153 Å². The Kier molecular flexibility index (Phi) is 44.5. The maximum atomic E-state index is 13.0. The van der Waals surface area contributed by atoms with Gasteiger partial charge in [0.15, 0.2) is 0 Å². The minimum atomic E-state index is -0.994. The quantitative estimate of drug-likeness (QED) is 0.0212. The summed E-state index contributed by atoms with van der Waals surface area (Å²) in [5, 5.41) is 30.1. The summed E-state index contributed by atoms with van der Waals surface area (Å²) in [5.74, 6) is 4.30. The van der Waals surface area contributed by atoms with E-state index in [1.807, 2.05) is 69.7 Å². The fourth-order valence-electron chi connectivity index (χ4n) is 16.1. The molecule has 4 aliphatic heterocycles. The lowest BCUT2D eigenvalue weighted by molar-refractivity contribution is -0.112. The number of nitrogens with two attached hydrogens (primary N) is 1. The van der Waals surface area contributed by atoms with Crippen molar-refractivity contribution in [1.29, 1.82) is 0 Å². The molecule has 5 aromatic heterocycles. The first-order valence-electron chi connectivity index (χ1n) is 46.7. The fourth-order valence-corrected chi connectivity index (χ4v) is 16.6. The topological polar surface area (TPSA) is 411 Å². The van der Waals surface area contributed by atoms with E-state index in [4.69, 9.17) is 79.2 Å². The van der Waals surface area contributed by atoms with Crippen LogP contribution in [-0.4, -0.2) is 217 Å². The normalized spacial score (nSPS) is 19.2. The predicted molar refractivity (Wildman–Crippen MR) is 510 cm³/mol. The Labute approximate surface area is 791 Å². The fraction of sp³-hybridized carbons (Fsp3) is 0.567. The van der Waals surface area contributed by atoms with Crippen molar-refractivity contribution in [3.05, 3.63) is 174 Å². The zero-order valence-electron chi connectivity index (χ0n) is 77.3. The number of carboxylic acids is 1. The number of hydrogen-bond acceptors (Lipinski definition) is 26. The summed E-state index contributed by atoms with van der Waals surface area (Å²) in [4.78, 5) is 117. The van der Waals surface area contributed by atoms with Crippen LogP contribution in [0.15, 0.2) is 135 Å². The Balaban J connectivity index is 0.000000177. The molecule has 5 saturated carbocycles. The molecule has 132 heavy (non-hydrogen) atoms. The van der Waals surface area contributed by atoms with Gasteiger partial charge in [0.1, 0.15) is 52.4 Å². The molecule has 2 aromatic carbocycles. The number of nitrogens with zero attached hydrogens (tertiary/aromatic N) is 13. The van der Waals surface area contributed by atoms with E-state index in [9.17, 15) is 28.8 Å². The molecule has 4 saturated heterocycles. The third kappa shape index (κ3) is 40.9. The van der Waals surface area contributed by atoms with Crippen LogP contribution >= 0.6 is 34.8 Å². The first kappa shape index (κ1) is 105. The van der Waals surface area contributed by atoms with Crippen LogP contribution in [-0.2, 0) is 31.9 Å². The molecule has 9 aliphatic rings. The number of aliphatic hydroxyl groups is 1. The summed E-state index contributed by atoms with van der Waals surface area (Å²) in [5.41, 5.74) is 6.84. The molecule has 0 spiro atoms. The number of anilines is 3. The number of benzene rings is 2. The van der Waals surface area contributed by atoms with Crippen LogP contribution in [0.1, 0.15) is 254 Å². The number of likely N-dealkylation sites (tertiary alicyclic amines) is 3. The lowest BCUT2D eigenvalue weighted by atomic mass is 9.94. The molecule has 4 atom stereocenters. The van der Waals surface area contributed by atoms with Crippen molar-refractivity contribution in [3.8, 4) is 23.5 Å². The predicted octanol–water partition coefficient (Wildman–Crippen LogP) is 18.0. The van der Waals surface area contributed by atoms with Gasteiger partial charge in [-0.3, -0.25) is 14.4 Å². The number of amides is 5. The van der Waals surface area contributed by atoms with Gasteiger partial charge in [-0.05, 0) is 323 Å². The van der Waals surface area contributed by atoms with E-state index >= 15 is 0 Å². The number of ether oxygens (including phenoxy) is 6. The highest BCUT2D eigenvalue weighted by molar-refractivity contribution is 6.31. The molecule has 5 aliphatic carbocycles. The Morgan fingerprint density at radius 1 is 0.462 bits per heavy atom. The van der Waals surface area contributed by atoms with Crippen LogP contribution < -0.4 is 45.9 Å². The Hall–Kier alpha value is -10.5. The van der Waals surface area contributed by atoms with Crippen LogP contribution in [0.25, 0.3) is 0 Å². The van der Waals surface area contributed by atoms with Gasteiger partial charge in [-0.15, -0.1) is 0 Å². The van der Waals surface area contributed by atoms with Crippen LogP contribution in [0.3, 0.4) is 0 Å². The number of aliphatic hydroxyl groups excluding tert-OH is 1. The molecule has 9 fully saturated rings. The second kappa shape index (κ2) is 55.9. The molecule has 35 heteroatoms. The standard InChI is InChI=1S/C24H29N5O3.C20H31N3O3.C15H23N3O.C10H20N2O2.C10H9NO3.C9H11ClN2O.C5H10O.C4H2Cl2N2/c1-2-21(30)26-18-11-9-17(10-12-18)23(31)29-15-5-6-19(16-29)27-24-25-14-13-22(28-24)32-20-7-3-4-8-20;1-20(2,3)26-19(24)23-12-6-7-15(14-23)13-17-21-11-10-18(22-17)25-16-8-4-5-9-16;1-2-6-13(5-1)19-15-7-9-17-14(18-15)10-12-4-3-8-16-11-12;1-10(2,3)14-9(13)12-6-4-5-8(11)7-12;1-2-9(12)11-8-5-3-7(4-6-8)10(13)14;10-9-11-6-5-8(12-9)13-7-3-1-2-4-7;6-5-3-1-2-4-5;5-3-1-2-7-4(6)8-3/h2,9-14,19-20H,1,3-8,15-16H2,(H,26,30)(H,25,27,28);10-11,15-16H,4-9,12-14H2,1-3H3;7,9,12-13,16H,1-6,8,10-11H2;8H,4-7,11H2,1-3H3;2-6H,1H2,(H,11,12)(H,13,14);5-7H,1-4H2;5-6H,1-4H2;1-2H/t19-;15-;12-;8-;;;;/m1001..../s1. The van der Waals surface area contributed by atoms with Crippen LogP contribution in [0.5, 0.6) is 23.5 Å². The molecule has 8 N–H and O–H groups in total. The lowest BCUT2D eigenvalue weighted by Gasteiger charge is -2.34. The average molecular weight is 1880 g/mol. The number of carbonyl (C=O) groups is 6. The zero-order valence-corrected chi connectivity index (χ0v) is 79.6. The van der Waals surface area contributed by atoms with Crippen molar-refractivity contribution < 1.29 is 67.4 Å². The molecule has 0 radical (unpaired) electrons. The zero-order chi connectivity index (χ0) is 94.6. The van der Waals surface area contributed by atoms with Gasteiger partial charge < -0.3 is 80.3 Å². The maximum absolute atomic E-state index is 13.0. The molecule has 32 nitrogen and oxygen atoms in total. The highest BCUT2D eigenvalue weighted by Crippen LogP contribution is 2.31. The summed E-state index contributed by atoms with van der Waals surface area (Å²) in [6, 6.07) is 21.8. The number of halogens is 3. The minimum Gasteiger partial charge on any atom is -0.478 e. The molecule has 718 valence electrons. The lowest BCUT2D eigenvalue weighted by Crippen LogP contribution is -2.47. The summed E-state index contributed by atoms with van der Waals surface area (Å²) in [6.07, 6.45) is 45.3. The third-order valence-electron chi connectivity index (χ3n) is 22.7. The van der Waals surface area contributed by atoms with Crippen molar-refractivity contribution in [2.45, 2.75) is 288 Å². The Bertz CT molecular complexity index is 4660. The van der Waals surface area contributed by atoms with Gasteiger partial charge in [0.2, 0.25) is 51.8 Å². The van der Waals surface area contributed by atoms with Gasteiger partial charge in [0.25, 0.3) is 5.91 Å². The number of nitrogens with one attached hydrogen (secondary N) is 4. The van der Waals surface area contributed by atoms with Gasteiger partial charge in [-0.1, -0.05) is 37.6 Å². The number of aromatic carboxylic acids is 1. The molecule has 0 bridgehead atoms. The van der Waals surface area contributed by atoms with Gasteiger partial charge in [-0.25, -0.2) is 44.3 Å². The molecular formula is C97H135Cl3N18O14. The van der Waals surface area contributed by atoms with Gasteiger partial charge in [0.05, 0.1) is 11.7 Å². The van der Waals surface area contributed by atoms with Crippen molar-refractivity contribution in [1.82, 2.24) is 69.9 Å². The van der Waals surface area contributed by atoms with E-state index in [0.29, 0.717) is 102 Å². The summed E-state index contributed by atoms with van der Waals surface area (Å²) < 4.78 is 34.3. The number of rotatable bonds is 20. The largest absolute Gasteiger partial charge is 0.478 e. The van der Waals surface area contributed by atoms with Gasteiger partial charge in [-0.2, -0.15) is 19.9 Å². The van der Waals surface area contributed by atoms with E-state index in [1.165, 1.54) is 126 Å². The molecule has 16 rings (SSSR count). The number of carbonyl (C=O) groups excluding carboxylic acids is 5. The number of aromatic nitrogens is 10. The van der Waals surface area contributed by atoms with Crippen LogP contribution in [0.2, 0.25) is 15.7 Å². The van der Waals surface area contributed by atoms with E-state index in [-0.39, 0.29) is 70.3 Å². The van der Waals surface area contributed by atoms with Crippen molar-refractivity contribution in [3.63, 3.8) is 0 Å². The highest BCUT2D eigenvalue weighted by Gasteiger charge is 2.32. The molecule has 7 aromatic rings. The molecular weight excluding hydrogens is 1750 g/mol. The summed E-state index contributed by atoms with van der Waals surface area (Å²) in [6.45, 7) is 24.4. The van der Waals surface area contributed by atoms with E-state index in [1.54, 1.807) is 66.0 Å². The Morgan fingerprint density at radius 3 is 1.30 bits per heavy atom. The van der Waals surface area contributed by atoms with Crippen molar-refractivity contribution in [2.75, 3.05) is 68.3 Å². The third-order valence-corrected chi connectivity index (χ3v) is 23.3. The molecule has 5 amide bonds. The van der Waals surface area contributed by atoms with Crippen LogP contribution in [0.4, 0.5) is 26.9 Å². The maximum Gasteiger partial charge on any atom is 0.410 e. The summed E-state index contributed by atoms with van der Waals surface area (Å²) in [7, 11) is 0. The SMILES string of the molecule is C=CC(=O)Nc1ccc(C(=O)N2CCC[C@@H](Nc3nccc(OC4CCCC4)n3)C2)cc1.C=CC(=O)Nc1ccc(C(=O)O)cc1.CC(C)(C)OC(=O)N1CCC[C@@H](Cc2nccc(OC3CCCC3)n2)C1.CC(C)(C)OC(=O)N1CCC[C@@H](N)C1.Clc1ccnc(Cl)n1.Clc1nccc(OC2CCCC2)n1.OC1CCCC1.c1cc(OC2CCCC2)nc(C[C@@H]2CCCNC2)n1. The van der Waals surface area contributed by atoms with Crippen molar-refractivity contribution >= 4 is 88.0 Å². The number of piperidine rings is 4. The smallest absolute Gasteiger partial charge is 0.410 e. The average Bonchev–Trinajstić information content (AvgIpc) is 0.935. The highest BCUT2D eigenvalue weighted by atomic mass is 35.5. The van der Waals surface area contributed by atoms with E-state index in [2.05, 4.69) is 84.3 Å². The monoisotopic (exact) mass is 1880 g/mol. The Morgan fingerprint density at radius 2 is 0.871 bits per heavy atom. The van der Waals surface area contributed by atoms with Gasteiger partial charge >= 0.3 is 18.2 Å². The first-order chi connectivity index (χ1) is 63.4.